The molecule has 4 aromatic rings. The molecule has 0 amide bonds. The van der Waals surface area contributed by atoms with Gasteiger partial charge in [0.15, 0.2) is 11.2 Å². The standard InChI is InChI=1S/C31H36F2N6O5/c1-4-12-38-28(40)25-27(37(5-2)30(38)42)35-26-22-15-34-36(17-22)16-20-8-6-10-23(13-20)31(32,33)24-11-7-9-21(14-24)29(41)44-19(3)43-18-39(25)26/h6,8,10,13,15,17,19,21,24H,4-5,7,9,11-12,14,16,18H2,1-3H3. The molecule has 44 heavy (non-hydrogen) atoms. The smallest absolute Gasteiger partial charge is 0.332 e. The van der Waals surface area contributed by atoms with Crippen LogP contribution in [0.3, 0.4) is 0 Å². The number of hydrogen-bond donors (Lipinski definition) is 0. The zero-order chi connectivity index (χ0) is 31.2. The molecule has 0 saturated heterocycles. The second-order valence-electron chi connectivity index (χ2n) is 11.6. The van der Waals surface area contributed by atoms with Crippen molar-refractivity contribution in [2.24, 2.45) is 11.8 Å². The molecule has 1 fully saturated rings. The third-order valence-electron chi connectivity index (χ3n) is 8.67. The first kappa shape index (κ1) is 29.9. The van der Waals surface area contributed by atoms with Crippen LogP contribution < -0.4 is 11.2 Å². The first-order valence-electron chi connectivity index (χ1n) is 15.2. The van der Waals surface area contributed by atoms with Crippen molar-refractivity contribution in [2.75, 3.05) is 0 Å². The summed E-state index contributed by atoms with van der Waals surface area (Å²) in [6.45, 7) is 5.76. The summed E-state index contributed by atoms with van der Waals surface area (Å²) in [5.41, 5.74) is 0.516. The van der Waals surface area contributed by atoms with Crippen LogP contribution in [0.15, 0.2) is 46.2 Å². The highest BCUT2D eigenvalue weighted by Crippen LogP contribution is 2.45. The van der Waals surface area contributed by atoms with Crippen molar-refractivity contribution < 1.29 is 23.0 Å². The molecule has 3 atom stereocenters. The Hall–Kier alpha value is -4.13. The zero-order valence-electron chi connectivity index (χ0n) is 25.0. The number of rotatable bonds is 3. The number of fused-ring (bicyclic) bond motifs is 10. The number of ether oxygens (including phenoxy) is 2. The first-order chi connectivity index (χ1) is 21.1. The van der Waals surface area contributed by atoms with E-state index in [9.17, 15) is 14.4 Å². The fourth-order valence-corrected chi connectivity index (χ4v) is 6.41. The lowest BCUT2D eigenvalue weighted by Crippen LogP contribution is -2.40. The van der Waals surface area contributed by atoms with E-state index >= 15 is 8.78 Å². The summed E-state index contributed by atoms with van der Waals surface area (Å²) in [7, 11) is 0. The number of aromatic nitrogens is 6. The van der Waals surface area contributed by atoms with Crippen LogP contribution in [0.5, 0.6) is 0 Å². The van der Waals surface area contributed by atoms with E-state index in [-0.39, 0.29) is 49.5 Å². The number of alkyl halides is 2. The maximum atomic E-state index is 15.8. The van der Waals surface area contributed by atoms with E-state index in [1.807, 2.05) is 6.92 Å². The van der Waals surface area contributed by atoms with Gasteiger partial charge in [-0.2, -0.15) is 5.10 Å². The predicted molar refractivity (Wildman–Crippen MR) is 157 cm³/mol. The van der Waals surface area contributed by atoms with Gasteiger partial charge in [-0.15, -0.1) is 0 Å². The summed E-state index contributed by atoms with van der Waals surface area (Å²) in [5, 5.41) is 4.45. The number of nitrogens with zero attached hydrogens (tertiary/aromatic N) is 6. The van der Waals surface area contributed by atoms with Crippen molar-refractivity contribution in [2.45, 2.75) is 91.5 Å². The third kappa shape index (κ3) is 5.27. The number of carbonyl (C=O) groups is 1. The van der Waals surface area contributed by atoms with Crippen LogP contribution in [-0.2, 0) is 46.6 Å². The van der Waals surface area contributed by atoms with Gasteiger partial charge in [0.25, 0.3) is 11.5 Å². The Morgan fingerprint density at radius 1 is 1.11 bits per heavy atom. The van der Waals surface area contributed by atoms with Crippen LogP contribution in [0, 0.1) is 11.8 Å². The van der Waals surface area contributed by atoms with Crippen LogP contribution in [0.1, 0.15) is 64.0 Å². The largest absolute Gasteiger partial charge is 0.436 e. The van der Waals surface area contributed by atoms with Gasteiger partial charge >= 0.3 is 11.7 Å². The van der Waals surface area contributed by atoms with Crippen molar-refractivity contribution in [3.05, 3.63) is 68.6 Å². The lowest BCUT2D eigenvalue weighted by Gasteiger charge is -2.34. The van der Waals surface area contributed by atoms with Crippen molar-refractivity contribution in [3.63, 3.8) is 0 Å². The Morgan fingerprint density at radius 3 is 2.70 bits per heavy atom. The molecular formula is C31H36F2N6O5. The second-order valence-corrected chi connectivity index (χ2v) is 11.6. The van der Waals surface area contributed by atoms with E-state index in [0.717, 1.165) is 0 Å². The van der Waals surface area contributed by atoms with Crippen molar-refractivity contribution in [3.8, 4) is 11.4 Å². The zero-order valence-corrected chi connectivity index (χ0v) is 25.0. The molecule has 1 aliphatic heterocycles. The Bertz CT molecular complexity index is 1820. The Labute approximate surface area is 252 Å². The topological polar surface area (TPSA) is 115 Å². The molecule has 13 heteroatoms. The van der Waals surface area contributed by atoms with E-state index in [4.69, 9.17) is 14.5 Å². The molecule has 1 saturated carbocycles. The van der Waals surface area contributed by atoms with Crippen LogP contribution >= 0.6 is 0 Å². The molecule has 2 aliphatic rings. The van der Waals surface area contributed by atoms with E-state index in [1.165, 1.54) is 21.3 Å². The fraction of sp³-hybridized carbons (Fsp3) is 0.516. The minimum atomic E-state index is -3.12. The van der Waals surface area contributed by atoms with Gasteiger partial charge in [-0.05, 0) is 51.2 Å². The highest BCUT2D eigenvalue weighted by molar-refractivity contribution is 5.77. The van der Waals surface area contributed by atoms with Gasteiger partial charge in [0.2, 0.25) is 6.29 Å². The predicted octanol–water partition coefficient (Wildman–Crippen LogP) is 4.48. The summed E-state index contributed by atoms with van der Waals surface area (Å²) in [4.78, 5) is 44.8. The van der Waals surface area contributed by atoms with Gasteiger partial charge in [-0.3, -0.25) is 28.0 Å². The lowest BCUT2D eigenvalue weighted by atomic mass is 9.76. The minimum Gasteiger partial charge on any atom is -0.436 e. The second kappa shape index (κ2) is 11.8. The molecule has 4 heterocycles. The maximum absolute atomic E-state index is 15.8. The number of aryl methyl sites for hydroxylation is 1. The maximum Gasteiger partial charge on any atom is 0.332 e. The number of hydrogen-bond acceptors (Lipinski definition) is 7. The molecule has 234 valence electrons. The van der Waals surface area contributed by atoms with Gasteiger partial charge in [0.05, 0.1) is 24.2 Å². The molecule has 3 aromatic heterocycles. The Kier molecular flexibility index (Phi) is 7.99. The monoisotopic (exact) mass is 610 g/mol. The van der Waals surface area contributed by atoms with Crippen LogP contribution in [0.2, 0.25) is 0 Å². The fourth-order valence-electron chi connectivity index (χ4n) is 6.41. The van der Waals surface area contributed by atoms with E-state index in [0.29, 0.717) is 42.6 Å². The average Bonchev–Trinajstić information content (AvgIpc) is 3.63. The molecule has 1 aliphatic carbocycles. The first-order valence-corrected chi connectivity index (χ1v) is 15.2. The number of esters is 1. The quantitative estimate of drug-likeness (QED) is 0.314. The molecular weight excluding hydrogens is 574 g/mol. The van der Waals surface area contributed by atoms with Gasteiger partial charge in [0.1, 0.15) is 12.6 Å². The van der Waals surface area contributed by atoms with Gasteiger partial charge in [0, 0.05) is 30.8 Å². The average molecular weight is 611 g/mol. The summed E-state index contributed by atoms with van der Waals surface area (Å²) in [6.07, 6.45) is 4.07. The highest BCUT2D eigenvalue weighted by Gasteiger charge is 2.45. The Morgan fingerprint density at radius 2 is 1.93 bits per heavy atom. The molecule has 0 radical (unpaired) electrons. The van der Waals surface area contributed by atoms with Crippen molar-refractivity contribution in [1.29, 1.82) is 0 Å². The molecule has 3 unspecified atom stereocenters. The normalized spacial score (nSPS) is 22.2. The van der Waals surface area contributed by atoms with E-state index < -0.39 is 41.3 Å². The van der Waals surface area contributed by atoms with Crippen LogP contribution in [0.4, 0.5) is 8.78 Å². The van der Waals surface area contributed by atoms with Gasteiger partial charge < -0.3 is 9.47 Å². The van der Waals surface area contributed by atoms with E-state index in [1.54, 1.807) is 47.6 Å². The van der Waals surface area contributed by atoms with Gasteiger partial charge in [-0.25, -0.2) is 18.6 Å². The minimum absolute atomic E-state index is 0.00706. The third-order valence-corrected chi connectivity index (χ3v) is 8.67. The van der Waals surface area contributed by atoms with Gasteiger partial charge in [-0.1, -0.05) is 31.5 Å². The number of benzene rings is 1. The molecule has 1 aromatic carbocycles. The SMILES string of the molecule is CCCn1c(=O)c2c(nc3n2COC(C)OC(=O)C2CCCC(C2)C(F)(F)c2cccc(c2)Cn2cc-3cn2)n(CC)c1=O. The highest BCUT2D eigenvalue weighted by atomic mass is 19.3. The summed E-state index contributed by atoms with van der Waals surface area (Å²) < 4.78 is 49.0. The van der Waals surface area contributed by atoms with Crippen molar-refractivity contribution in [1.82, 2.24) is 28.5 Å². The lowest BCUT2D eigenvalue weighted by molar-refractivity contribution is -0.189. The summed E-state index contributed by atoms with van der Waals surface area (Å²) in [5.74, 6) is -5.07. The number of imidazole rings is 1. The molecule has 0 spiro atoms. The molecule has 6 bridgehead atoms. The van der Waals surface area contributed by atoms with Crippen LogP contribution in [0.25, 0.3) is 22.6 Å². The Balaban J connectivity index is 1.50. The van der Waals surface area contributed by atoms with E-state index in [2.05, 4.69) is 5.10 Å². The molecule has 6 rings (SSSR count). The molecule has 11 nitrogen and oxygen atoms in total. The number of carbonyl (C=O) groups excluding carboxylic acids is 1. The summed E-state index contributed by atoms with van der Waals surface area (Å²) in [6, 6.07) is 6.30. The van der Waals surface area contributed by atoms with Crippen molar-refractivity contribution >= 4 is 17.1 Å². The number of halogens is 2. The summed E-state index contributed by atoms with van der Waals surface area (Å²) >= 11 is 0. The van der Waals surface area contributed by atoms with Crippen LogP contribution in [-0.4, -0.2) is 40.7 Å². The number of cyclic esters (lactones) is 1. The molecule has 0 N–H and O–H groups in total.